The molecule has 0 unspecified atom stereocenters. The van der Waals surface area contributed by atoms with Crippen molar-refractivity contribution in [3.05, 3.63) is 29.8 Å². The molecule has 6 atom stereocenters. The SMILES string of the molecule is COc1ccc2cc3c(nc2c1)O[C@@H]1C[C@@H](C(=O)O)N(C1)C(=O)[C@H](C(C)(C)C)NC(=O)O[C@@H]1C[C@H](C)C[C@H]1CCCCC3. The van der Waals surface area contributed by atoms with E-state index in [2.05, 4.69) is 18.3 Å². The number of carboxylic acids is 1. The number of aryl methyl sites for hydroxylation is 1. The fraction of sp³-hybridized carbons (Fsp3) is 0.636. The molecule has 2 aromatic rings. The number of aliphatic carboxylic acids is 1. The van der Waals surface area contributed by atoms with Gasteiger partial charge in [-0.2, -0.15) is 0 Å². The predicted octanol–water partition coefficient (Wildman–Crippen LogP) is 5.35. The van der Waals surface area contributed by atoms with Crippen LogP contribution in [0.2, 0.25) is 0 Å². The van der Waals surface area contributed by atoms with Crippen molar-refractivity contribution >= 4 is 28.9 Å². The van der Waals surface area contributed by atoms with Gasteiger partial charge in [-0.1, -0.05) is 40.5 Å². The monoisotopic (exact) mass is 595 g/mol. The summed E-state index contributed by atoms with van der Waals surface area (Å²) < 4.78 is 17.8. The zero-order valence-corrected chi connectivity index (χ0v) is 25.9. The zero-order chi connectivity index (χ0) is 30.9. The van der Waals surface area contributed by atoms with Gasteiger partial charge in [0.1, 0.15) is 30.0 Å². The van der Waals surface area contributed by atoms with Crippen molar-refractivity contribution in [2.75, 3.05) is 13.7 Å². The number of ether oxygens (including phenoxy) is 3. The van der Waals surface area contributed by atoms with Crippen LogP contribution in [-0.2, 0) is 20.7 Å². The largest absolute Gasteiger partial charge is 0.497 e. The lowest BCUT2D eigenvalue weighted by atomic mass is 9.85. The Balaban J connectivity index is 1.49. The van der Waals surface area contributed by atoms with E-state index < -0.39 is 41.6 Å². The third kappa shape index (κ3) is 6.99. The summed E-state index contributed by atoms with van der Waals surface area (Å²) >= 11 is 0. The van der Waals surface area contributed by atoms with Crippen molar-refractivity contribution in [3.63, 3.8) is 0 Å². The molecule has 2 N–H and O–H groups in total. The molecule has 0 radical (unpaired) electrons. The van der Waals surface area contributed by atoms with Gasteiger partial charge in [-0.25, -0.2) is 14.6 Å². The van der Waals surface area contributed by atoms with Crippen LogP contribution in [0.3, 0.4) is 0 Å². The Bertz CT molecular complexity index is 1360. The Kier molecular flexibility index (Phi) is 9.04. The van der Waals surface area contributed by atoms with E-state index in [0.717, 1.165) is 61.4 Å². The van der Waals surface area contributed by atoms with E-state index in [1.807, 2.05) is 39.0 Å². The molecule has 1 saturated carbocycles. The number of alkyl carbamates (subject to hydrolysis) is 1. The Morgan fingerprint density at radius 2 is 1.88 bits per heavy atom. The Morgan fingerprint density at radius 3 is 2.60 bits per heavy atom. The number of amides is 2. The molecule has 234 valence electrons. The molecule has 2 fully saturated rings. The zero-order valence-electron chi connectivity index (χ0n) is 25.9. The number of carbonyl (C=O) groups is 3. The lowest BCUT2D eigenvalue weighted by Gasteiger charge is -2.35. The number of hydrogen-bond donors (Lipinski definition) is 2. The standard InChI is InChI=1S/C33H45N3O7/c1-19-13-21-9-7-6-8-10-22-15-20-11-12-23(41-5)16-25(20)34-29(22)42-24-17-26(31(38)39)36(18-24)30(37)28(33(2,3)4)35-32(40)43-27(21)14-19/h11-12,15-16,19,21,24,26-28H,6-10,13-14,17-18H2,1-5H3,(H,35,40)(H,38,39)/t19-,21-,24-,26+,27-,28-/m1/s1. The van der Waals surface area contributed by atoms with E-state index in [4.69, 9.17) is 19.2 Å². The molecule has 1 aliphatic carbocycles. The third-order valence-electron chi connectivity index (χ3n) is 9.19. The number of methoxy groups -OCH3 is 1. The van der Waals surface area contributed by atoms with Crippen molar-refractivity contribution in [1.82, 2.24) is 15.2 Å². The molecule has 0 spiro atoms. The maximum Gasteiger partial charge on any atom is 0.408 e. The third-order valence-corrected chi connectivity index (χ3v) is 9.19. The smallest absolute Gasteiger partial charge is 0.408 e. The lowest BCUT2D eigenvalue weighted by molar-refractivity contribution is -0.150. The highest BCUT2D eigenvalue weighted by molar-refractivity contribution is 5.90. The van der Waals surface area contributed by atoms with Gasteiger partial charge in [0.25, 0.3) is 0 Å². The molecular weight excluding hydrogens is 550 g/mol. The summed E-state index contributed by atoms with van der Waals surface area (Å²) in [5.74, 6) is 0.301. The number of benzene rings is 1. The van der Waals surface area contributed by atoms with Gasteiger partial charge < -0.3 is 29.5 Å². The predicted molar refractivity (Wildman–Crippen MR) is 161 cm³/mol. The second-order valence-electron chi connectivity index (χ2n) is 13.7. The fourth-order valence-corrected chi connectivity index (χ4v) is 6.90. The Labute approximate surface area is 253 Å². The van der Waals surface area contributed by atoms with Crippen LogP contribution in [0, 0.1) is 17.3 Å². The van der Waals surface area contributed by atoms with E-state index in [1.165, 1.54) is 4.90 Å². The molecule has 2 bridgehead atoms. The van der Waals surface area contributed by atoms with Gasteiger partial charge in [0.2, 0.25) is 11.8 Å². The van der Waals surface area contributed by atoms with Crippen LogP contribution in [-0.4, -0.2) is 70.9 Å². The number of pyridine rings is 1. The molecule has 10 heteroatoms. The molecule has 2 aliphatic heterocycles. The van der Waals surface area contributed by atoms with E-state index in [-0.39, 0.29) is 25.0 Å². The molecule has 1 aromatic carbocycles. The van der Waals surface area contributed by atoms with Gasteiger partial charge in [0.15, 0.2) is 0 Å². The summed E-state index contributed by atoms with van der Waals surface area (Å²) in [6, 6.07) is 5.76. The normalized spacial score (nSPS) is 29.0. The average molecular weight is 596 g/mol. The molecule has 1 saturated heterocycles. The van der Waals surface area contributed by atoms with Crippen LogP contribution in [0.25, 0.3) is 10.9 Å². The number of rotatable bonds is 2. The molecule has 3 heterocycles. The number of carboxylic acid groups (broad SMARTS) is 1. The average Bonchev–Trinajstić information content (AvgIpc) is 3.52. The first kappa shape index (κ1) is 30.9. The van der Waals surface area contributed by atoms with E-state index >= 15 is 0 Å². The quantitative estimate of drug-likeness (QED) is 0.476. The van der Waals surface area contributed by atoms with Gasteiger partial charge in [0, 0.05) is 23.4 Å². The van der Waals surface area contributed by atoms with E-state index in [0.29, 0.717) is 17.5 Å². The van der Waals surface area contributed by atoms with Crippen LogP contribution >= 0.6 is 0 Å². The van der Waals surface area contributed by atoms with Crippen LogP contribution < -0.4 is 14.8 Å². The molecule has 10 nitrogen and oxygen atoms in total. The van der Waals surface area contributed by atoms with Gasteiger partial charge in [0.05, 0.1) is 19.2 Å². The first-order valence-electron chi connectivity index (χ1n) is 15.6. The molecule has 5 rings (SSSR count). The summed E-state index contributed by atoms with van der Waals surface area (Å²) in [4.78, 5) is 45.7. The van der Waals surface area contributed by atoms with Crippen LogP contribution in [0.15, 0.2) is 24.3 Å². The van der Waals surface area contributed by atoms with E-state index in [9.17, 15) is 19.5 Å². The van der Waals surface area contributed by atoms with Gasteiger partial charge in [-0.3, -0.25) is 4.79 Å². The number of hydrogen-bond acceptors (Lipinski definition) is 7. The van der Waals surface area contributed by atoms with E-state index in [1.54, 1.807) is 7.11 Å². The van der Waals surface area contributed by atoms with Gasteiger partial charge >= 0.3 is 12.1 Å². The van der Waals surface area contributed by atoms with Crippen molar-refractivity contribution < 1.29 is 33.7 Å². The number of nitrogens with zero attached hydrogens (tertiary/aromatic N) is 2. The number of aromatic nitrogens is 1. The Morgan fingerprint density at radius 1 is 1.09 bits per heavy atom. The first-order chi connectivity index (χ1) is 20.4. The van der Waals surface area contributed by atoms with Crippen molar-refractivity contribution in [1.29, 1.82) is 0 Å². The number of carbonyl (C=O) groups excluding carboxylic acids is 2. The minimum atomic E-state index is -1.11. The summed E-state index contributed by atoms with van der Waals surface area (Å²) in [6.45, 7) is 7.80. The van der Waals surface area contributed by atoms with Crippen molar-refractivity contribution in [2.24, 2.45) is 17.3 Å². The second kappa shape index (κ2) is 12.6. The number of fused-ring (bicyclic) bond motifs is 5. The van der Waals surface area contributed by atoms with Crippen LogP contribution in [0.4, 0.5) is 4.79 Å². The lowest BCUT2D eigenvalue weighted by Crippen LogP contribution is -2.57. The molecular formula is C33H45N3O7. The van der Waals surface area contributed by atoms with Crippen LogP contribution in [0.5, 0.6) is 11.6 Å². The maximum atomic E-state index is 14.0. The minimum absolute atomic E-state index is 0.0680. The highest BCUT2D eigenvalue weighted by Gasteiger charge is 2.46. The Hall–Kier alpha value is -3.56. The highest BCUT2D eigenvalue weighted by atomic mass is 16.6. The topological polar surface area (TPSA) is 127 Å². The van der Waals surface area contributed by atoms with Gasteiger partial charge in [-0.15, -0.1) is 0 Å². The minimum Gasteiger partial charge on any atom is -0.497 e. The van der Waals surface area contributed by atoms with Crippen molar-refractivity contribution in [3.8, 4) is 11.6 Å². The van der Waals surface area contributed by atoms with Crippen molar-refractivity contribution in [2.45, 2.75) is 103 Å². The summed E-state index contributed by atoms with van der Waals surface area (Å²) in [5.41, 5.74) is 0.997. The maximum absolute atomic E-state index is 14.0. The number of nitrogens with one attached hydrogen (secondary N) is 1. The van der Waals surface area contributed by atoms with Gasteiger partial charge in [-0.05, 0) is 67.6 Å². The second-order valence-corrected chi connectivity index (χ2v) is 13.7. The fourth-order valence-electron chi connectivity index (χ4n) is 6.90. The molecule has 1 aromatic heterocycles. The molecule has 2 amide bonds. The highest BCUT2D eigenvalue weighted by Crippen LogP contribution is 2.37. The molecule has 43 heavy (non-hydrogen) atoms. The summed E-state index contributed by atoms with van der Waals surface area (Å²) in [6.07, 6.45) is 5.22. The first-order valence-corrected chi connectivity index (χ1v) is 15.6. The molecule has 3 aliphatic rings. The summed E-state index contributed by atoms with van der Waals surface area (Å²) in [7, 11) is 1.61. The van der Waals surface area contributed by atoms with Crippen LogP contribution in [0.1, 0.15) is 78.2 Å². The summed E-state index contributed by atoms with van der Waals surface area (Å²) in [5, 5.41) is 13.9.